The van der Waals surface area contributed by atoms with Crippen molar-refractivity contribution in [1.29, 1.82) is 0 Å². The second-order valence-electron chi connectivity index (χ2n) is 4.39. The first-order chi connectivity index (χ1) is 8.59. The quantitative estimate of drug-likeness (QED) is 0.752. The smallest absolute Gasteiger partial charge is 0.254 e. The molecule has 18 heavy (non-hydrogen) atoms. The van der Waals surface area contributed by atoms with Crippen molar-refractivity contribution in [2.75, 3.05) is 26.7 Å². The molecule has 96 valence electrons. The lowest BCUT2D eigenvalue weighted by Gasteiger charge is -2.37. The Balaban J connectivity index is 2.11. The topological polar surface area (TPSA) is 79.5 Å². The van der Waals surface area contributed by atoms with Gasteiger partial charge in [-0.2, -0.15) is 0 Å². The van der Waals surface area contributed by atoms with E-state index in [2.05, 4.69) is 4.98 Å². The fraction of sp³-hybridized carbons (Fsp3) is 0.417. The molecule has 1 aromatic rings. The van der Waals surface area contributed by atoms with Gasteiger partial charge < -0.3 is 10.6 Å². The minimum atomic E-state index is -0.412. The number of piperazine rings is 1. The molecule has 6 heteroatoms. The number of aromatic nitrogens is 1. The Hall–Kier alpha value is -1.95. The van der Waals surface area contributed by atoms with Crippen LogP contribution in [0.1, 0.15) is 10.4 Å². The van der Waals surface area contributed by atoms with Gasteiger partial charge in [-0.1, -0.05) is 0 Å². The number of carbonyl (C=O) groups excluding carboxylic acids is 2. The van der Waals surface area contributed by atoms with Gasteiger partial charge >= 0.3 is 0 Å². The molecule has 1 aromatic heterocycles. The van der Waals surface area contributed by atoms with Crippen LogP contribution in [0.5, 0.6) is 0 Å². The number of nitrogens with two attached hydrogens (primary N) is 1. The van der Waals surface area contributed by atoms with Gasteiger partial charge in [0.15, 0.2) is 0 Å². The molecule has 0 aliphatic carbocycles. The molecule has 2 amide bonds. The molecule has 2 N–H and O–H groups in total. The standard InChI is InChI=1S/C12H16N4O2/c1-15-6-7-16(8-10(15)11(13)17)12(18)9-2-4-14-5-3-9/h2-5,10H,6-8H2,1H3,(H2,13,17). The summed E-state index contributed by atoms with van der Waals surface area (Å²) in [5.74, 6) is -0.485. The van der Waals surface area contributed by atoms with Gasteiger partial charge in [0, 0.05) is 37.6 Å². The summed E-state index contributed by atoms with van der Waals surface area (Å²) < 4.78 is 0. The maximum absolute atomic E-state index is 12.2. The molecule has 6 nitrogen and oxygen atoms in total. The van der Waals surface area contributed by atoms with Crippen LogP contribution in [0, 0.1) is 0 Å². The summed E-state index contributed by atoms with van der Waals surface area (Å²) in [6.45, 7) is 1.58. The third-order valence-electron chi connectivity index (χ3n) is 3.19. The van der Waals surface area contributed by atoms with E-state index >= 15 is 0 Å². The molecule has 1 aliphatic rings. The van der Waals surface area contributed by atoms with Crippen LogP contribution in [0.25, 0.3) is 0 Å². The molecule has 0 saturated carbocycles. The van der Waals surface area contributed by atoms with Crippen LogP contribution in [0.15, 0.2) is 24.5 Å². The average Bonchev–Trinajstić information content (AvgIpc) is 2.39. The van der Waals surface area contributed by atoms with Gasteiger partial charge in [-0.15, -0.1) is 0 Å². The SMILES string of the molecule is CN1CCN(C(=O)c2ccncc2)CC1C(N)=O. The van der Waals surface area contributed by atoms with E-state index in [-0.39, 0.29) is 5.91 Å². The molecule has 0 bridgehead atoms. The van der Waals surface area contributed by atoms with Crippen LogP contribution in [0.3, 0.4) is 0 Å². The van der Waals surface area contributed by atoms with Crippen LogP contribution in [0.2, 0.25) is 0 Å². The normalized spacial score (nSPS) is 20.7. The predicted molar refractivity (Wildman–Crippen MR) is 65.8 cm³/mol. The van der Waals surface area contributed by atoms with Crippen LogP contribution < -0.4 is 5.73 Å². The Kier molecular flexibility index (Phi) is 3.57. The zero-order chi connectivity index (χ0) is 13.1. The maximum atomic E-state index is 12.2. The highest BCUT2D eigenvalue weighted by Gasteiger charge is 2.31. The molecule has 0 radical (unpaired) electrons. The number of amides is 2. The van der Waals surface area contributed by atoms with Crippen LogP contribution in [-0.4, -0.2) is 59.3 Å². The number of carbonyl (C=O) groups is 2. The third kappa shape index (κ3) is 2.48. The van der Waals surface area contributed by atoms with Gasteiger partial charge in [0.05, 0.1) is 0 Å². The molecule has 2 heterocycles. The lowest BCUT2D eigenvalue weighted by Crippen LogP contribution is -2.57. The number of hydrogen-bond donors (Lipinski definition) is 1. The Morgan fingerprint density at radius 1 is 1.33 bits per heavy atom. The van der Waals surface area contributed by atoms with E-state index in [0.29, 0.717) is 25.2 Å². The monoisotopic (exact) mass is 248 g/mol. The van der Waals surface area contributed by atoms with Crippen molar-refractivity contribution in [3.63, 3.8) is 0 Å². The summed E-state index contributed by atoms with van der Waals surface area (Å²) in [4.78, 5) is 30.9. The Bertz CT molecular complexity index is 449. The Morgan fingerprint density at radius 3 is 2.61 bits per heavy atom. The number of pyridine rings is 1. The fourth-order valence-electron chi connectivity index (χ4n) is 2.04. The molecule has 2 rings (SSSR count). The first kappa shape index (κ1) is 12.5. The number of rotatable bonds is 2. The fourth-order valence-corrected chi connectivity index (χ4v) is 2.04. The van der Waals surface area contributed by atoms with Crippen molar-refractivity contribution < 1.29 is 9.59 Å². The van der Waals surface area contributed by atoms with Crippen LogP contribution >= 0.6 is 0 Å². The Morgan fingerprint density at radius 2 is 2.00 bits per heavy atom. The van der Waals surface area contributed by atoms with E-state index in [0.717, 1.165) is 0 Å². The first-order valence-electron chi connectivity index (χ1n) is 5.78. The molecular weight excluding hydrogens is 232 g/mol. The largest absolute Gasteiger partial charge is 0.368 e. The van der Waals surface area contributed by atoms with Gasteiger partial charge in [-0.25, -0.2) is 0 Å². The predicted octanol–water partition coefficient (Wildman–Crippen LogP) is -0.677. The van der Waals surface area contributed by atoms with Crippen molar-refractivity contribution in [2.24, 2.45) is 5.73 Å². The molecule has 1 saturated heterocycles. The highest BCUT2D eigenvalue weighted by atomic mass is 16.2. The summed E-state index contributed by atoms with van der Waals surface area (Å²) >= 11 is 0. The number of nitrogens with zero attached hydrogens (tertiary/aromatic N) is 3. The molecule has 0 spiro atoms. The Labute approximate surface area is 105 Å². The zero-order valence-corrected chi connectivity index (χ0v) is 10.2. The van der Waals surface area contributed by atoms with Gasteiger partial charge in [0.2, 0.25) is 5.91 Å². The number of hydrogen-bond acceptors (Lipinski definition) is 4. The van der Waals surface area contributed by atoms with Gasteiger partial charge in [-0.05, 0) is 19.2 Å². The second-order valence-corrected chi connectivity index (χ2v) is 4.39. The zero-order valence-electron chi connectivity index (χ0n) is 10.2. The van der Waals surface area contributed by atoms with E-state index in [1.54, 1.807) is 29.4 Å². The van der Waals surface area contributed by atoms with Gasteiger partial charge in [-0.3, -0.25) is 19.5 Å². The van der Waals surface area contributed by atoms with Crippen molar-refractivity contribution in [3.05, 3.63) is 30.1 Å². The minimum absolute atomic E-state index is 0.0863. The summed E-state index contributed by atoms with van der Waals surface area (Å²) in [5, 5.41) is 0. The van der Waals surface area contributed by atoms with E-state index in [4.69, 9.17) is 5.73 Å². The van der Waals surface area contributed by atoms with Crippen molar-refractivity contribution >= 4 is 11.8 Å². The van der Waals surface area contributed by atoms with E-state index in [9.17, 15) is 9.59 Å². The minimum Gasteiger partial charge on any atom is -0.368 e. The second kappa shape index (κ2) is 5.14. The van der Waals surface area contributed by atoms with Crippen molar-refractivity contribution in [3.8, 4) is 0 Å². The molecule has 1 atom stereocenters. The van der Waals surface area contributed by atoms with Crippen LogP contribution in [0.4, 0.5) is 0 Å². The van der Waals surface area contributed by atoms with E-state index in [1.807, 2.05) is 11.9 Å². The van der Waals surface area contributed by atoms with Gasteiger partial charge in [0.1, 0.15) is 6.04 Å². The molecule has 0 aromatic carbocycles. The lowest BCUT2D eigenvalue weighted by atomic mass is 10.1. The molecule has 1 fully saturated rings. The summed E-state index contributed by atoms with van der Waals surface area (Å²) in [7, 11) is 1.84. The van der Waals surface area contributed by atoms with Crippen molar-refractivity contribution in [1.82, 2.24) is 14.8 Å². The third-order valence-corrected chi connectivity index (χ3v) is 3.19. The maximum Gasteiger partial charge on any atom is 0.254 e. The van der Waals surface area contributed by atoms with E-state index < -0.39 is 11.9 Å². The van der Waals surface area contributed by atoms with Gasteiger partial charge in [0.25, 0.3) is 5.91 Å². The van der Waals surface area contributed by atoms with E-state index in [1.165, 1.54) is 0 Å². The highest BCUT2D eigenvalue weighted by Crippen LogP contribution is 2.11. The first-order valence-corrected chi connectivity index (χ1v) is 5.78. The number of likely N-dealkylation sites (N-methyl/N-ethyl adjacent to an activating group) is 1. The molecule has 1 aliphatic heterocycles. The molecule has 1 unspecified atom stereocenters. The highest BCUT2D eigenvalue weighted by molar-refractivity contribution is 5.94. The van der Waals surface area contributed by atoms with Crippen LogP contribution in [-0.2, 0) is 4.79 Å². The molecular formula is C12H16N4O2. The summed E-state index contributed by atoms with van der Waals surface area (Å²) in [5.41, 5.74) is 5.91. The summed E-state index contributed by atoms with van der Waals surface area (Å²) in [6.07, 6.45) is 3.16. The van der Waals surface area contributed by atoms with Crippen molar-refractivity contribution in [2.45, 2.75) is 6.04 Å². The lowest BCUT2D eigenvalue weighted by molar-refractivity contribution is -0.124. The summed E-state index contributed by atoms with van der Waals surface area (Å²) in [6, 6.07) is 2.92. The number of primary amides is 1. The average molecular weight is 248 g/mol.